The molecular formula is C31H31N3O4. The van der Waals surface area contributed by atoms with Gasteiger partial charge in [0.2, 0.25) is 5.88 Å². The Labute approximate surface area is 222 Å². The van der Waals surface area contributed by atoms with E-state index in [2.05, 4.69) is 33.7 Å². The van der Waals surface area contributed by atoms with Crippen LogP contribution in [0.2, 0.25) is 0 Å². The summed E-state index contributed by atoms with van der Waals surface area (Å²) >= 11 is 0. The number of nitrogens with one attached hydrogen (secondary N) is 1. The number of esters is 1. The summed E-state index contributed by atoms with van der Waals surface area (Å²) < 4.78 is 17.2. The first kappa shape index (κ1) is 24.2. The largest absolute Gasteiger partial charge is 0.474 e. The lowest BCUT2D eigenvalue weighted by Crippen LogP contribution is -2.24. The maximum Gasteiger partial charge on any atom is 0.316 e. The molecule has 2 saturated carbocycles. The van der Waals surface area contributed by atoms with Crippen molar-refractivity contribution in [2.24, 2.45) is 0 Å². The Kier molecular flexibility index (Phi) is 6.35. The van der Waals surface area contributed by atoms with Crippen LogP contribution < -0.4 is 10.1 Å². The van der Waals surface area contributed by atoms with Gasteiger partial charge in [0.05, 0.1) is 12.0 Å². The highest BCUT2D eigenvalue weighted by molar-refractivity contribution is 5.89. The summed E-state index contributed by atoms with van der Waals surface area (Å²) in [5.74, 6) is 1.80. The van der Waals surface area contributed by atoms with E-state index in [1.165, 1.54) is 6.42 Å². The molecule has 2 heterocycles. The fourth-order valence-corrected chi connectivity index (χ4v) is 4.94. The van der Waals surface area contributed by atoms with Gasteiger partial charge in [0, 0.05) is 11.6 Å². The molecule has 2 aliphatic rings. The number of ether oxygens (including phenoxy) is 2. The molecule has 38 heavy (non-hydrogen) atoms. The van der Waals surface area contributed by atoms with Crippen molar-refractivity contribution in [2.45, 2.75) is 57.5 Å². The van der Waals surface area contributed by atoms with Crippen LogP contribution in [0.4, 0.5) is 11.5 Å². The van der Waals surface area contributed by atoms with Crippen molar-refractivity contribution in [1.82, 2.24) is 10.1 Å². The van der Waals surface area contributed by atoms with Crippen LogP contribution in [0.25, 0.3) is 22.5 Å². The second-order valence-corrected chi connectivity index (χ2v) is 10.1. The third kappa shape index (κ3) is 4.53. The Balaban J connectivity index is 1.29. The molecule has 0 amide bonds. The molecule has 0 spiro atoms. The molecule has 7 nitrogen and oxygen atoms in total. The molecule has 2 fully saturated rings. The quantitative estimate of drug-likeness (QED) is 0.244. The summed E-state index contributed by atoms with van der Waals surface area (Å²) in [6.45, 7) is 4.15. The Bertz CT molecular complexity index is 1450. The van der Waals surface area contributed by atoms with Gasteiger partial charge in [-0.25, -0.2) is 0 Å². The topological polar surface area (TPSA) is 86.5 Å². The minimum Gasteiger partial charge on any atom is -0.474 e. The predicted molar refractivity (Wildman–Crippen MR) is 145 cm³/mol. The number of aromatic nitrogens is 2. The van der Waals surface area contributed by atoms with Gasteiger partial charge in [-0.2, -0.15) is 4.98 Å². The number of nitrogens with zero attached hydrogens (tertiary/aromatic N) is 2. The molecule has 6 rings (SSSR count). The lowest BCUT2D eigenvalue weighted by molar-refractivity contribution is -0.146. The number of benzene rings is 2. The monoisotopic (exact) mass is 509 g/mol. The Morgan fingerprint density at radius 3 is 2.47 bits per heavy atom. The highest BCUT2D eigenvalue weighted by atomic mass is 16.5. The number of carbonyl (C=O) groups excluding carboxylic acids is 1. The first-order valence-corrected chi connectivity index (χ1v) is 13.3. The van der Waals surface area contributed by atoms with Gasteiger partial charge in [0.25, 0.3) is 0 Å². The lowest BCUT2D eigenvalue weighted by atomic mass is 9.92. The van der Waals surface area contributed by atoms with Crippen molar-refractivity contribution in [1.29, 1.82) is 0 Å². The summed E-state index contributed by atoms with van der Waals surface area (Å²) in [6, 6.07) is 22.0. The second-order valence-electron chi connectivity index (χ2n) is 10.1. The third-order valence-corrected chi connectivity index (χ3v) is 7.52. The van der Waals surface area contributed by atoms with E-state index in [-0.39, 0.29) is 12.1 Å². The SMILES string of the molecule is CCOC(=O)C1(c2ccc(-c3ccccc3-c3onc(C)c3Nc3cccc(OC4CCC4)n3)cc2)CC1. The molecule has 0 bridgehead atoms. The Morgan fingerprint density at radius 1 is 1.03 bits per heavy atom. The van der Waals surface area contributed by atoms with Gasteiger partial charge in [-0.05, 0) is 68.7 Å². The minimum atomic E-state index is -0.489. The van der Waals surface area contributed by atoms with Crippen LogP contribution in [-0.2, 0) is 14.9 Å². The molecule has 0 unspecified atom stereocenters. The third-order valence-electron chi connectivity index (χ3n) is 7.52. The van der Waals surface area contributed by atoms with Gasteiger partial charge < -0.3 is 19.3 Å². The smallest absolute Gasteiger partial charge is 0.316 e. The summed E-state index contributed by atoms with van der Waals surface area (Å²) in [4.78, 5) is 17.2. The molecule has 0 aliphatic heterocycles. The van der Waals surface area contributed by atoms with E-state index in [0.717, 1.165) is 59.3 Å². The van der Waals surface area contributed by atoms with Crippen LogP contribution >= 0.6 is 0 Å². The summed E-state index contributed by atoms with van der Waals surface area (Å²) in [5.41, 5.74) is 4.97. The minimum absolute atomic E-state index is 0.128. The van der Waals surface area contributed by atoms with Crippen molar-refractivity contribution in [3.63, 3.8) is 0 Å². The highest BCUT2D eigenvalue weighted by Gasteiger charge is 2.52. The van der Waals surface area contributed by atoms with E-state index < -0.39 is 5.41 Å². The van der Waals surface area contributed by atoms with E-state index in [1.807, 2.05) is 62.4 Å². The van der Waals surface area contributed by atoms with Gasteiger partial charge in [-0.1, -0.05) is 59.8 Å². The average molecular weight is 510 g/mol. The van der Waals surface area contributed by atoms with Crippen LogP contribution in [0.3, 0.4) is 0 Å². The zero-order valence-electron chi connectivity index (χ0n) is 21.7. The van der Waals surface area contributed by atoms with Crippen LogP contribution in [0.5, 0.6) is 5.88 Å². The van der Waals surface area contributed by atoms with Crippen LogP contribution in [0.1, 0.15) is 50.3 Å². The number of rotatable bonds is 9. The van der Waals surface area contributed by atoms with Gasteiger partial charge in [-0.15, -0.1) is 0 Å². The van der Waals surface area contributed by atoms with Crippen LogP contribution in [0.15, 0.2) is 71.3 Å². The number of anilines is 2. The van der Waals surface area contributed by atoms with E-state index in [4.69, 9.17) is 14.0 Å². The van der Waals surface area contributed by atoms with E-state index in [1.54, 1.807) is 0 Å². The van der Waals surface area contributed by atoms with Gasteiger partial charge in [-0.3, -0.25) is 4.79 Å². The molecule has 7 heteroatoms. The summed E-state index contributed by atoms with van der Waals surface area (Å²) in [7, 11) is 0. The normalized spacial score (nSPS) is 15.9. The van der Waals surface area contributed by atoms with Gasteiger partial charge >= 0.3 is 5.97 Å². The van der Waals surface area contributed by atoms with Crippen molar-refractivity contribution in [3.8, 4) is 28.3 Å². The molecule has 2 aromatic heterocycles. The van der Waals surface area contributed by atoms with E-state index in [9.17, 15) is 4.79 Å². The van der Waals surface area contributed by atoms with E-state index in [0.29, 0.717) is 24.1 Å². The standard InChI is InChI=1S/C31H31N3O4/c1-3-36-30(35)31(18-19-31)22-16-14-21(15-17-22)24-10-4-5-11-25(24)29-28(20(2)34-38-29)33-26-12-7-13-27(32-26)37-23-8-6-9-23/h4-5,7,10-17,23H,3,6,8-9,18-19H2,1-2H3,(H,32,33). The molecule has 0 radical (unpaired) electrons. The zero-order chi connectivity index (χ0) is 26.1. The van der Waals surface area contributed by atoms with Crippen molar-refractivity contribution < 1.29 is 18.8 Å². The molecule has 0 atom stereocenters. The molecule has 2 aliphatic carbocycles. The Morgan fingerprint density at radius 2 is 1.79 bits per heavy atom. The number of aryl methyl sites for hydroxylation is 1. The fraction of sp³-hybridized carbons (Fsp3) is 0.323. The van der Waals surface area contributed by atoms with Crippen molar-refractivity contribution in [3.05, 3.63) is 78.0 Å². The van der Waals surface area contributed by atoms with Crippen LogP contribution in [0, 0.1) is 6.92 Å². The Hall–Kier alpha value is -4.13. The zero-order valence-corrected chi connectivity index (χ0v) is 21.7. The molecule has 1 N–H and O–H groups in total. The molecule has 0 saturated heterocycles. The number of carbonyl (C=O) groups is 1. The predicted octanol–water partition coefficient (Wildman–Crippen LogP) is 6.98. The fourth-order valence-electron chi connectivity index (χ4n) is 4.94. The number of hydrogen-bond donors (Lipinski definition) is 1. The van der Waals surface area contributed by atoms with Crippen molar-refractivity contribution >= 4 is 17.5 Å². The maximum atomic E-state index is 12.5. The van der Waals surface area contributed by atoms with Gasteiger partial charge in [0.1, 0.15) is 23.3 Å². The average Bonchev–Trinajstić information content (AvgIpc) is 3.66. The highest BCUT2D eigenvalue weighted by Crippen LogP contribution is 2.49. The lowest BCUT2D eigenvalue weighted by Gasteiger charge is -2.25. The van der Waals surface area contributed by atoms with E-state index >= 15 is 0 Å². The number of pyridine rings is 1. The first-order chi connectivity index (χ1) is 18.6. The number of hydrogen-bond acceptors (Lipinski definition) is 7. The summed E-state index contributed by atoms with van der Waals surface area (Å²) in [6.07, 6.45) is 5.28. The summed E-state index contributed by atoms with van der Waals surface area (Å²) in [5, 5.41) is 7.67. The van der Waals surface area contributed by atoms with Crippen molar-refractivity contribution in [2.75, 3.05) is 11.9 Å². The molecule has 2 aromatic carbocycles. The molecular weight excluding hydrogens is 478 g/mol. The molecule has 194 valence electrons. The van der Waals surface area contributed by atoms with Crippen LogP contribution in [-0.4, -0.2) is 28.8 Å². The first-order valence-electron chi connectivity index (χ1n) is 13.3. The maximum absolute atomic E-state index is 12.5. The molecule has 4 aromatic rings. The van der Waals surface area contributed by atoms with Gasteiger partial charge in [0.15, 0.2) is 5.76 Å². The second kappa shape index (κ2) is 9.97.